The van der Waals surface area contributed by atoms with Crippen LogP contribution in [-0.4, -0.2) is 64.1 Å². The number of amides is 3. The van der Waals surface area contributed by atoms with Gasteiger partial charge in [-0.1, -0.05) is 122 Å². The number of hydrogen-bond acceptors (Lipinski definition) is 8. The number of carbonyl (C=O) groups is 3. The normalized spacial score (nSPS) is 21.6. The summed E-state index contributed by atoms with van der Waals surface area (Å²) in [4.78, 5) is 42.6. The van der Waals surface area contributed by atoms with Gasteiger partial charge < -0.3 is 24.6 Å². The zero-order valence-electron chi connectivity index (χ0n) is 31.1. The van der Waals surface area contributed by atoms with E-state index in [0.29, 0.717) is 12.5 Å². The minimum absolute atomic E-state index is 0.0120. The van der Waals surface area contributed by atoms with Crippen LogP contribution in [0, 0.1) is 0 Å². The van der Waals surface area contributed by atoms with Crippen LogP contribution >= 0.6 is 0 Å². The quantitative estimate of drug-likeness (QED) is 0.102. The Morgan fingerprint density at radius 2 is 1.60 bits per heavy atom. The van der Waals surface area contributed by atoms with Gasteiger partial charge >= 0.3 is 6.09 Å². The maximum atomic E-state index is 13.4. The van der Waals surface area contributed by atoms with E-state index in [2.05, 4.69) is 16.8 Å². The molecule has 0 bridgehead atoms. The third-order valence-electron chi connectivity index (χ3n) is 10.8. The van der Waals surface area contributed by atoms with E-state index in [-0.39, 0.29) is 44.3 Å². The first kappa shape index (κ1) is 38.2. The van der Waals surface area contributed by atoms with Crippen LogP contribution in [-0.2, 0) is 43.6 Å². The van der Waals surface area contributed by atoms with Crippen molar-refractivity contribution >= 4 is 17.9 Å². The Hall–Kier alpha value is -5.13. The zero-order chi connectivity index (χ0) is 38.1. The topological polar surface area (TPSA) is 118 Å². The Labute approximate surface area is 322 Å². The molecule has 2 N–H and O–H groups in total. The van der Waals surface area contributed by atoms with Crippen molar-refractivity contribution in [2.75, 3.05) is 13.1 Å². The van der Waals surface area contributed by atoms with Crippen molar-refractivity contribution in [3.8, 4) is 11.1 Å². The van der Waals surface area contributed by atoms with Crippen LogP contribution < -0.4 is 5.32 Å². The third-order valence-corrected chi connectivity index (χ3v) is 10.8. The molecule has 4 aromatic rings. The van der Waals surface area contributed by atoms with E-state index in [1.807, 2.05) is 109 Å². The summed E-state index contributed by atoms with van der Waals surface area (Å²) in [5, 5.41) is 12.2. The molecule has 0 aromatic heterocycles. The van der Waals surface area contributed by atoms with E-state index >= 15 is 0 Å². The molecule has 1 saturated carbocycles. The molecule has 3 fully saturated rings. The number of carbonyl (C=O) groups excluding carboxylic acids is 3. The number of benzene rings is 4. The highest BCUT2D eigenvalue weighted by Crippen LogP contribution is 2.39. The second kappa shape index (κ2) is 18.0. The van der Waals surface area contributed by atoms with Crippen molar-refractivity contribution in [2.24, 2.45) is 0 Å². The molecule has 55 heavy (non-hydrogen) atoms. The summed E-state index contributed by atoms with van der Waals surface area (Å²) in [7, 11) is 0. The molecule has 286 valence electrons. The fourth-order valence-electron chi connectivity index (χ4n) is 7.90. The van der Waals surface area contributed by atoms with Crippen molar-refractivity contribution in [1.82, 2.24) is 15.1 Å². The predicted molar refractivity (Wildman–Crippen MR) is 208 cm³/mol. The van der Waals surface area contributed by atoms with Gasteiger partial charge in [0.15, 0.2) is 6.29 Å². The summed E-state index contributed by atoms with van der Waals surface area (Å²) >= 11 is 0. The lowest BCUT2D eigenvalue weighted by Gasteiger charge is -2.39. The number of imide groups is 1. The smallest absolute Gasteiger partial charge is 0.408 e. The van der Waals surface area contributed by atoms with Gasteiger partial charge in [0.25, 0.3) is 5.91 Å². The lowest BCUT2D eigenvalue weighted by atomic mass is 9.97. The molecule has 3 aliphatic rings. The average Bonchev–Trinajstić information content (AvgIpc) is 3.85. The molecule has 2 heterocycles. The molecule has 0 radical (unpaired) electrons. The molecular weight excluding hydrogens is 695 g/mol. The largest absolute Gasteiger partial charge is 0.445 e. The number of likely N-dealkylation sites (tertiary alicyclic amines) is 1. The first-order valence-corrected chi connectivity index (χ1v) is 19.2. The summed E-state index contributed by atoms with van der Waals surface area (Å²) in [6.45, 7) is 5.74. The highest BCUT2D eigenvalue weighted by Gasteiger charge is 2.40. The summed E-state index contributed by atoms with van der Waals surface area (Å²) in [6, 6.07) is 32.5. The molecule has 3 amide bonds. The lowest BCUT2D eigenvalue weighted by Crippen LogP contribution is -2.43. The number of ether oxygens (including phenoxy) is 3. The third kappa shape index (κ3) is 9.40. The van der Waals surface area contributed by atoms with Gasteiger partial charge in [-0.25, -0.2) is 4.79 Å². The minimum Gasteiger partial charge on any atom is -0.445 e. The summed E-state index contributed by atoms with van der Waals surface area (Å²) < 4.78 is 18.6. The minimum atomic E-state index is -0.986. The van der Waals surface area contributed by atoms with E-state index in [0.717, 1.165) is 52.0 Å². The molecule has 0 spiro atoms. The highest BCUT2D eigenvalue weighted by atomic mass is 16.7. The molecule has 10 nitrogen and oxygen atoms in total. The van der Waals surface area contributed by atoms with E-state index < -0.39 is 24.3 Å². The number of hydrogen-bond donors (Lipinski definition) is 2. The van der Waals surface area contributed by atoms with Crippen LogP contribution in [0.3, 0.4) is 0 Å². The van der Waals surface area contributed by atoms with Gasteiger partial charge in [0, 0.05) is 31.1 Å². The van der Waals surface area contributed by atoms with Crippen LogP contribution in [0.15, 0.2) is 116 Å². The van der Waals surface area contributed by atoms with Crippen LogP contribution in [0.4, 0.5) is 4.79 Å². The van der Waals surface area contributed by atoms with Crippen molar-refractivity contribution in [3.63, 3.8) is 0 Å². The highest BCUT2D eigenvalue weighted by molar-refractivity contribution is 6.06. The first-order valence-electron chi connectivity index (χ1n) is 19.2. The van der Waals surface area contributed by atoms with E-state index in [1.54, 1.807) is 0 Å². The fourth-order valence-corrected chi connectivity index (χ4v) is 7.90. The molecule has 1 unspecified atom stereocenters. The monoisotopic (exact) mass is 743 g/mol. The molecular formula is C45H49N3O7. The molecule has 4 aromatic carbocycles. The standard InChI is InChI=1S/C45H49N3O7/c1-2-24-47(37-13-7-8-14-37)28-38-25-41(34-18-16-31(29-49)17-19-34)55-44(54-38)35-22-20-33(21-23-35)39-15-9-6-12-36(39)27-48-42(50)26-40(43(48)51)46-45(52)53-30-32-10-4-3-5-11-32/h2-6,9-12,15-23,37-38,40-41,44,49H,1,7-8,13-14,24-30H2,(H,46,52)/t38-,40?,41+,44+/m1/s1. The maximum absolute atomic E-state index is 13.4. The van der Waals surface area contributed by atoms with Crippen LogP contribution in [0.25, 0.3) is 11.1 Å². The number of aliphatic hydroxyl groups excluding tert-OH is 1. The fraction of sp³-hybridized carbons (Fsp3) is 0.356. The number of rotatable bonds is 14. The Kier molecular flexibility index (Phi) is 12.5. The number of aliphatic hydroxyl groups is 1. The van der Waals surface area contributed by atoms with Crippen molar-refractivity contribution in [1.29, 1.82) is 0 Å². The molecule has 1 aliphatic carbocycles. The van der Waals surface area contributed by atoms with Gasteiger partial charge in [-0.05, 0) is 46.2 Å². The summed E-state index contributed by atoms with van der Waals surface area (Å²) in [5.41, 5.74) is 6.21. The Morgan fingerprint density at radius 3 is 2.33 bits per heavy atom. The Bertz CT molecular complexity index is 1930. The zero-order valence-corrected chi connectivity index (χ0v) is 31.1. The summed E-state index contributed by atoms with van der Waals surface area (Å²) in [5.74, 6) is -0.821. The van der Waals surface area contributed by atoms with Gasteiger partial charge in [0.2, 0.25) is 5.91 Å². The predicted octanol–water partition coefficient (Wildman–Crippen LogP) is 7.38. The van der Waals surface area contributed by atoms with Crippen LogP contribution in [0.1, 0.15) is 78.7 Å². The van der Waals surface area contributed by atoms with E-state index in [9.17, 15) is 19.5 Å². The van der Waals surface area contributed by atoms with Crippen molar-refractivity contribution in [2.45, 2.75) is 88.9 Å². The van der Waals surface area contributed by atoms with E-state index in [1.165, 1.54) is 30.6 Å². The maximum Gasteiger partial charge on any atom is 0.408 e. The van der Waals surface area contributed by atoms with E-state index in [4.69, 9.17) is 14.2 Å². The van der Waals surface area contributed by atoms with Gasteiger partial charge in [-0.2, -0.15) is 0 Å². The van der Waals surface area contributed by atoms with Crippen LogP contribution in [0.5, 0.6) is 0 Å². The Morgan fingerprint density at radius 1 is 0.891 bits per heavy atom. The van der Waals surface area contributed by atoms with Gasteiger partial charge in [-0.15, -0.1) is 6.58 Å². The van der Waals surface area contributed by atoms with Crippen molar-refractivity contribution in [3.05, 3.63) is 144 Å². The lowest BCUT2D eigenvalue weighted by molar-refractivity contribution is -0.253. The number of nitrogens with zero attached hydrogens (tertiary/aromatic N) is 2. The molecule has 2 saturated heterocycles. The van der Waals surface area contributed by atoms with Gasteiger partial charge in [0.1, 0.15) is 12.6 Å². The molecule has 7 rings (SSSR count). The van der Waals surface area contributed by atoms with Crippen molar-refractivity contribution < 1.29 is 33.7 Å². The Balaban J connectivity index is 1.04. The number of nitrogens with one attached hydrogen (secondary N) is 1. The number of alkyl carbamates (subject to hydrolysis) is 1. The second-order valence-corrected chi connectivity index (χ2v) is 14.6. The summed E-state index contributed by atoms with van der Waals surface area (Å²) in [6.07, 6.45) is 5.84. The molecule has 2 aliphatic heterocycles. The SMILES string of the molecule is C=CCN(C[C@H]1C[C@@H](c2ccc(CO)cc2)O[C@@H](c2ccc(-c3ccccc3CN3C(=O)CC(NC(=O)OCc4ccccc4)C3=O)cc2)O1)C1CCCC1. The van der Waals surface area contributed by atoms with Gasteiger partial charge in [-0.3, -0.25) is 19.4 Å². The first-order chi connectivity index (χ1) is 26.9. The second-order valence-electron chi connectivity index (χ2n) is 14.6. The average molecular weight is 744 g/mol. The van der Waals surface area contributed by atoms with Gasteiger partial charge in [0.05, 0.1) is 31.8 Å². The molecule has 4 atom stereocenters. The van der Waals surface area contributed by atoms with Crippen LogP contribution in [0.2, 0.25) is 0 Å². The molecule has 10 heteroatoms.